The Morgan fingerprint density at radius 1 is 1.07 bits per heavy atom. The van der Waals surface area contributed by atoms with Crippen molar-refractivity contribution in [3.05, 3.63) is 0 Å². The monoisotopic (exact) mass is 202 g/mol. The minimum absolute atomic E-state index is 0.156. The van der Waals surface area contributed by atoms with Crippen molar-refractivity contribution in [2.75, 3.05) is 6.61 Å². The number of aliphatic hydroxyl groups excluding tert-OH is 2. The van der Waals surface area contributed by atoms with Gasteiger partial charge < -0.3 is 10.2 Å². The molecule has 0 saturated carbocycles. The molecule has 0 radical (unpaired) electrons. The van der Waals surface area contributed by atoms with Crippen LogP contribution in [0.4, 0.5) is 0 Å². The maximum absolute atomic E-state index is 9.71. The maximum Gasteiger partial charge on any atom is 0.0565 e. The summed E-state index contributed by atoms with van der Waals surface area (Å²) in [5, 5.41) is 18.7. The van der Waals surface area contributed by atoms with Crippen molar-refractivity contribution in [2.24, 2.45) is 11.8 Å². The van der Waals surface area contributed by atoms with Crippen LogP contribution < -0.4 is 0 Å². The third-order valence-electron chi connectivity index (χ3n) is 3.25. The maximum atomic E-state index is 9.71. The van der Waals surface area contributed by atoms with Gasteiger partial charge in [0.05, 0.1) is 6.10 Å². The highest BCUT2D eigenvalue weighted by Gasteiger charge is 2.12. The highest BCUT2D eigenvalue weighted by molar-refractivity contribution is 4.64. The smallest absolute Gasteiger partial charge is 0.0565 e. The average Bonchev–Trinajstić information content (AvgIpc) is 2.22. The number of hydrogen-bond acceptors (Lipinski definition) is 2. The second-order valence-corrected chi connectivity index (χ2v) is 4.34. The zero-order valence-corrected chi connectivity index (χ0v) is 9.87. The van der Waals surface area contributed by atoms with Crippen LogP contribution >= 0.6 is 0 Å². The van der Waals surface area contributed by atoms with Crippen molar-refractivity contribution in [3.8, 4) is 0 Å². The Morgan fingerprint density at radius 2 is 1.71 bits per heavy atom. The van der Waals surface area contributed by atoms with Crippen LogP contribution in [0.25, 0.3) is 0 Å². The average molecular weight is 202 g/mol. The SMILES string of the molecule is CCC(CO)CCCC(O)C(C)CC. The van der Waals surface area contributed by atoms with Gasteiger partial charge in [-0.25, -0.2) is 0 Å². The molecular formula is C12H26O2. The van der Waals surface area contributed by atoms with Gasteiger partial charge in [-0.05, 0) is 24.7 Å². The summed E-state index contributed by atoms with van der Waals surface area (Å²) < 4.78 is 0. The van der Waals surface area contributed by atoms with Crippen LogP contribution in [0.1, 0.15) is 52.9 Å². The predicted octanol–water partition coefficient (Wildman–Crippen LogP) is 2.58. The lowest BCUT2D eigenvalue weighted by atomic mass is 9.94. The van der Waals surface area contributed by atoms with E-state index in [9.17, 15) is 5.11 Å². The topological polar surface area (TPSA) is 40.5 Å². The van der Waals surface area contributed by atoms with Crippen LogP contribution in [-0.4, -0.2) is 22.9 Å². The van der Waals surface area contributed by atoms with Crippen molar-refractivity contribution < 1.29 is 10.2 Å². The fraction of sp³-hybridized carbons (Fsp3) is 1.00. The van der Waals surface area contributed by atoms with Crippen LogP contribution in [0.3, 0.4) is 0 Å². The van der Waals surface area contributed by atoms with Gasteiger partial charge in [-0.15, -0.1) is 0 Å². The zero-order valence-electron chi connectivity index (χ0n) is 9.87. The number of hydrogen-bond donors (Lipinski definition) is 2. The Bertz CT molecular complexity index is 121. The van der Waals surface area contributed by atoms with E-state index in [-0.39, 0.29) is 12.7 Å². The van der Waals surface area contributed by atoms with Gasteiger partial charge >= 0.3 is 0 Å². The minimum atomic E-state index is -0.156. The fourth-order valence-corrected chi connectivity index (χ4v) is 1.60. The lowest BCUT2D eigenvalue weighted by molar-refractivity contribution is 0.0990. The van der Waals surface area contributed by atoms with Crippen LogP contribution in [0, 0.1) is 11.8 Å². The van der Waals surface area contributed by atoms with Gasteiger partial charge in [-0.2, -0.15) is 0 Å². The third-order valence-corrected chi connectivity index (χ3v) is 3.25. The van der Waals surface area contributed by atoms with E-state index in [4.69, 9.17) is 5.11 Å². The molecule has 0 aromatic heterocycles. The first-order chi connectivity index (χ1) is 6.65. The molecule has 0 saturated heterocycles. The Kier molecular flexibility index (Phi) is 8.20. The summed E-state index contributed by atoms with van der Waals surface area (Å²) >= 11 is 0. The van der Waals surface area contributed by atoms with E-state index in [1.165, 1.54) is 0 Å². The molecule has 2 N–H and O–H groups in total. The first kappa shape index (κ1) is 13.9. The summed E-state index contributed by atoms with van der Waals surface area (Å²) in [4.78, 5) is 0. The minimum Gasteiger partial charge on any atom is -0.396 e. The summed E-state index contributed by atoms with van der Waals surface area (Å²) in [6.45, 7) is 6.59. The quantitative estimate of drug-likeness (QED) is 0.635. The van der Waals surface area contributed by atoms with Crippen molar-refractivity contribution in [1.29, 1.82) is 0 Å². The van der Waals surface area contributed by atoms with Crippen molar-refractivity contribution in [2.45, 2.75) is 59.0 Å². The molecule has 3 atom stereocenters. The number of rotatable bonds is 8. The van der Waals surface area contributed by atoms with Crippen molar-refractivity contribution >= 4 is 0 Å². The Balaban J connectivity index is 3.52. The van der Waals surface area contributed by atoms with Crippen LogP contribution in [-0.2, 0) is 0 Å². The molecule has 0 rings (SSSR count). The Hall–Kier alpha value is -0.0800. The highest BCUT2D eigenvalue weighted by atomic mass is 16.3. The molecule has 0 amide bonds. The summed E-state index contributed by atoms with van der Waals surface area (Å²) in [7, 11) is 0. The molecular weight excluding hydrogens is 176 g/mol. The van der Waals surface area contributed by atoms with Crippen molar-refractivity contribution in [3.63, 3.8) is 0 Å². The van der Waals surface area contributed by atoms with E-state index in [0.717, 1.165) is 32.1 Å². The molecule has 0 aromatic carbocycles. The summed E-state index contributed by atoms with van der Waals surface area (Å²) in [6.07, 6.45) is 4.88. The lowest BCUT2D eigenvalue weighted by Gasteiger charge is -2.18. The van der Waals surface area contributed by atoms with Crippen molar-refractivity contribution in [1.82, 2.24) is 0 Å². The predicted molar refractivity (Wildman–Crippen MR) is 60.2 cm³/mol. The Labute approximate surface area is 88.3 Å². The molecule has 2 heteroatoms. The van der Waals surface area contributed by atoms with Gasteiger partial charge in [0.25, 0.3) is 0 Å². The molecule has 14 heavy (non-hydrogen) atoms. The summed E-state index contributed by atoms with van der Waals surface area (Å²) in [6, 6.07) is 0. The fourth-order valence-electron chi connectivity index (χ4n) is 1.60. The molecule has 86 valence electrons. The first-order valence-electron chi connectivity index (χ1n) is 5.94. The molecule has 0 spiro atoms. The third kappa shape index (κ3) is 5.61. The number of aliphatic hydroxyl groups is 2. The molecule has 0 aliphatic heterocycles. The van der Waals surface area contributed by atoms with E-state index in [1.807, 2.05) is 0 Å². The molecule has 0 aliphatic carbocycles. The van der Waals surface area contributed by atoms with Crippen LogP contribution in [0.15, 0.2) is 0 Å². The van der Waals surface area contributed by atoms with E-state index in [1.54, 1.807) is 0 Å². The van der Waals surface area contributed by atoms with E-state index in [2.05, 4.69) is 20.8 Å². The van der Waals surface area contributed by atoms with Gasteiger partial charge in [0.1, 0.15) is 0 Å². The van der Waals surface area contributed by atoms with Gasteiger partial charge in [0, 0.05) is 6.61 Å². The first-order valence-corrected chi connectivity index (χ1v) is 5.94. The van der Waals surface area contributed by atoms with Gasteiger partial charge in [-0.3, -0.25) is 0 Å². The van der Waals surface area contributed by atoms with E-state index < -0.39 is 0 Å². The molecule has 0 aliphatic rings. The Morgan fingerprint density at radius 3 is 2.14 bits per heavy atom. The summed E-state index contributed by atoms with van der Waals surface area (Å²) in [5.74, 6) is 0.836. The highest BCUT2D eigenvalue weighted by Crippen LogP contribution is 2.17. The van der Waals surface area contributed by atoms with E-state index >= 15 is 0 Å². The second kappa shape index (κ2) is 8.25. The summed E-state index contributed by atoms with van der Waals surface area (Å²) in [5.41, 5.74) is 0. The molecule has 0 aromatic rings. The molecule has 3 unspecified atom stereocenters. The zero-order chi connectivity index (χ0) is 11.0. The van der Waals surface area contributed by atoms with Gasteiger partial charge in [0.15, 0.2) is 0 Å². The molecule has 0 bridgehead atoms. The normalized spacial score (nSPS) is 17.8. The van der Waals surface area contributed by atoms with Gasteiger partial charge in [0.2, 0.25) is 0 Å². The molecule has 0 heterocycles. The van der Waals surface area contributed by atoms with E-state index in [0.29, 0.717) is 11.8 Å². The lowest BCUT2D eigenvalue weighted by Crippen LogP contribution is -2.17. The standard InChI is InChI=1S/C12H26O2/c1-4-10(3)12(14)8-6-7-11(5-2)9-13/h10-14H,4-9H2,1-3H3. The molecule has 0 fully saturated rings. The van der Waals surface area contributed by atoms with Gasteiger partial charge in [-0.1, -0.05) is 40.0 Å². The largest absolute Gasteiger partial charge is 0.396 e. The molecule has 2 nitrogen and oxygen atoms in total. The second-order valence-electron chi connectivity index (χ2n) is 4.34. The van der Waals surface area contributed by atoms with Crippen LogP contribution in [0.2, 0.25) is 0 Å². The van der Waals surface area contributed by atoms with Crippen LogP contribution in [0.5, 0.6) is 0 Å².